The van der Waals surface area contributed by atoms with Gasteiger partial charge in [0, 0.05) is 18.7 Å². The molecule has 0 radical (unpaired) electrons. The molecule has 0 aliphatic heterocycles. The lowest BCUT2D eigenvalue weighted by Gasteiger charge is -2.11. The molecule has 0 heterocycles. The second kappa shape index (κ2) is 7.04. The Balaban J connectivity index is 2.56. The highest BCUT2D eigenvalue weighted by Gasteiger charge is 2.02. The van der Waals surface area contributed by atoms with E-state index in [2.05, 4.69) is 16.3 Å². The average Bonchev–Trinajstić information content (AvgIpc) is 2.26. The fourth-order valence-corrected chi connectivity index (χ4v) is 1.60. The minimum Gasteiger partial charge on any atom is -0.330 e. The largest absolute Gasteiger partial charge is 0.330 e. The molecule has 1 amide bonds. The molecule has 17 heavy (non-hydrogen) atoms. The van der Waals surface area contributed by atoms with Crippen molar-refractivity contribution in [3.8, 4) is 0 Å². The van der Waals surface area contributed by atoms with Crippen molar-refractivity contribution in [3.05, 3.63) is 29.8 Å². The van der Waals surface area contributed by atoms with Gasteiger partial charge in [0.25, 0.3) is 0 Å². The zero-order chi connectivity index (χ0) is 12.7. The first-order chi connectivity index (χ1) is 8.11. The zero-order valence-electron chi connectivity index (χ0n) is 10.6. The molecule has 0 aromatic heterocycles. The number of anilines is 1. The van der Waals surface area contributed by atoms with Crippen molar-refractivity contribution in [2.75, 3.05) is 26.0 Å². The van der Waals surface area contributed by atoms with Crippen molar-refractivity contribution in [3.63, 3.8) is 0 Å². The highest BCUT2D eigenvalue weighted by atomic mass is 16.1. The summed E-state index contributed by atoms with van der Waals surface area (Å²) in [7, 11) is 4.04. The molecule has 0 saturated carbocycles. The van der Waals surface area contributed by atoms with Gasteiger partial charge in [-0.05, 0) is 44.8 Å². The van der Waals surface area contributed by atoms with Gasteiger partial charge >= 0.3 is 0 Å². The van der Waals surface area contributed by atoms with Gasteiger partial charge in [-0.25, -0.2) is 0 Å². The third-order valence-corrected chi connectivity index (χ3v) is 2.32. The van der Waals surface area contributed by atoms with Crippen LogP contribution in [0.5, 0.6) is 0 Å². The Bertz CT molecular complexity index is 363. The van der Waals surface area contributed by atoms with E-state index in [1.165, 1.54) is 5.56 Å². The summed E-state index contributed by atoms with van der Waals surface area (Å²) in [5.74, 6) is 0.0254. The summed E-state index contributed by atoms with van der Waals surface area (Å²) in [6.45, 7) is 1.42. The number of hydrogen-bond donors (Lipinski definition) is 2. The van der Waals surface area contributed by atoms with Gasteiger partial charge in [-0.3, -0.25) is 4.79 Å². The van der Waals surface area contributed by atoms with Crippen LogP contribution in [0.15, 0.2) is 24.3 Å². The van der Waals surface area contributed by atoms with Crippen LogP contribution in [0.1, 0.15) is 18.4 Å². The van der Waals surface area contributed by atoms with Crippen molar-refractivity contribution < 1.29 is 4.79 Å². The topological polar surface area (TPSA) is 58.4 Å². The maximum Gasteiger partial charge on any atom is 0.224 e. The van der Waals surface area contributed by atoms with Gasteiger partial charge in [0.05, 0.1) is 0 Å². The average molecular weight is 235 g/mol. The predicted molar refractivity (Wildman–Crippen MR) is 70.8 cm³/mol. The van der Waals surface area contributed by atoms with E-state index in [0.29, 0.717) is 13.0 Å². The molecular formula is C13H21N3O. The van der Waals surface area contributed by atoms with Crippen molar-refractivity contribution in [1.29, 1.82) is 0 Å². The summed E-state index contributed by atoms with van der Waals surface area (Å²) in [6.07, 6.45) is 1.21. The smallest absolute Gasteiger partial charge is 0.224 e. The molecule has 4 heteroatoms. The second-order valence-electron chi connectivity index (χ2n) is 4.38. The van der Waals surface area contributed by atoms with Crippen LogP contribution in [0.2, 0.25) is 0 Å². The summed E-state index contributed by atoms with van der Waals surface area (Å²) >= 11 is 0. The van der Waals surface area contributed by atoms with Crippen LogP contribution in [0.3, 0.4) is 0 Å². The molecule has 0 fully saturated rings. The molecule has 3 N–H and O–H groups in total. The van der Waals surface area contributed by atoms with Crippen molar-refractivity contribution in [2.24, 2.45) is 5.73 Å². The SMILES string of the molecule is CN(C)Cc1cccc(NC(=O)CCCN)c1. The molecule has 94 valence electrons. The lowest BCUT2D eigenvalue weighted by molar-refractivity contribution is -0.116. The van der Waals surface area contributed by atoms with Crippen molar-refractivity contribution in [2.45, 2.75) is 19.4 Å². The highest BCUT2D eigenvalue weighted by molar-refractivity contribution is 5.90. The maximum absolute atomic E-state index is 11.5. The number of nitrogens with one attached hydrogen (secondary N) is 1. The van der Waals surface area contributed by atoms with Crippen molar-refractivity contribution >= 4 is 11.6 Å². The van der Waals surface area contributed by atoms with Gasteiger partial charge in [-0.1, -0.05) is 12.1 Å². The van der Waals surface area contributed by atoms with Gasteiger partial charge in [-0.15, -0.1) is 0 Å². The Morgan fingerprint density at radius 2 is 2.18 bits per heavy atom. The van der Waals surface area contributed by atoms with Gasteiger partial charge in [0.2, 0.25) is 5.91 Å². The van der Waals surface area contributed by atoms with Crippen LogP contribution in [-0.4, -0.2) is 31.4 Å². The molecule has 0 aliphatic carbocycles. The van der Waals surface area contributed by atoms with Gasteiger partial charge in [-0.2, -0.15) is 0 Å². The lowest BCUT2D eigenvalue weighted by atomic mass is 10.2. The summed E-state index contributed by atoms with van der Waals surface area (Å²) in [5.41, 5.74) is 7.40. The molecule has 0 aliphatic rings. The van der Waals surface area contributed by atoms with Gasteiger partial charge in [0.1, 0.15) is 0 Å². The van der Waals surface area contributed by atoms with E-state index >= 15 is 0 Å². The third kappa shape index (κ3) is 5.47. The summed E-state index contributed by atoms with van der Waals surface area (Å²) in [5, 5.41) is 2.88. The number of carbonyl (C=O) groups is 1. The highest BCUT2D eigenvalue weighted by Crippen LogP contribution is 2.12. The van der Waals surface area contributed by atoms with Crippen LogP contribution >= 0.6 is 0 Å². The Morgan fingerprint density at radius 3 is 2.82 bits per heavy atom. The number of nitrogens with zero attached hydrogens (tertiary/aromatic N) is 1. The van der Waals surface area contributed by atoms with Gasteiger partial charge in [0.15, 0.2) is 0 Å². The maximum atomic E-state index is 11.5. The first-order valence-electron chi connectivity index (χ1n) is 5.85. The van der Waals surface area contributed by atoms with E-state index in [1.807, 2.05) is 32.3 Å². The first-order valence-corrected chi connectivity index (χ1v) is 5.85. The Kier molecular flexibility index (Phi) is 5.66. The number of carbonyl (C=O) groups excluding carboxylic acids is 1. The van der Waals surface area contributed by atoms with E-state index in [4.69, 9.17) is 5.73 Å². The number of hydrogen-bond acceptors (Lipinski definition) is 3. The number of rotatable bonds is 6. The van der Waals surface area contributed by atoms with Crippen LogP contribution < -0.4 is 11.1 Å². The molecule has 0 saturated heterocycles. The first kappa shape index (κ1) is 13.7. The molecule has 0 spiro atoms. The summed E-state index contributed by atoms with van der Waals surface area (Å²) < 4.78 is 0. The van der Waals surface area contributed by atoms with E-state index in [0.717, 1.165) is 18.7 Å². The van der Waals surface area contributed by atoms with E-state index in [1.54, 1.807) is 0 Å². The Labute approximate surface area is 103 Å². The number of nitrogens with two attached hydrogens (primary N) is 1. The zero-order valence-corrected chi connectivity index (χ0v) is 10.6. The van der Waals surface area contributed by atoms with Crippen molar-refractivity contribution in [1.82, 2.24) is 4.90 Å². The second-order valence-corrected chi connectivity index (χ2v) is 4.38. The quantitative estimate of drug-likeness (QED) is 0.784. The molecular weight excluding hydrogens is 214 g/mol. The third-order valence-electron chi connectivity index (χ3n) is 2.32. The van der Waals surface area contributed by atoms with Crippen LogP contribution in [0, 0.1) is 0 Å². The molecule has 0 atom stereocenters. The molecule has 0 bridgehead atoms. The fourth-order valence-electron chi connectivity index (χ4n) is 1.60. The van der Waals surface area contributed by atoms with Crippen LogP contribution in [0.4, 0.5) is 5.69 Å². The Hall–Kier alpha value is -1.39. The van der Waals surface area contributed by atoms with Gasteiger partial charge < -0.3 is 16.0 Å². The van der Waals surface area contributed by atoms with E-state index < -0.39 is 0 Å². The number of amides is 1. The Morgan fingerprint density at radius 1 is 1.41 bits per heavy atom. The summed E-state index contributed by atoms with van der Waals surface area (Å²) in [6, 6.07) is 7.91. The molecule has 1 aromatic carbocycles. The normalized spacial score (nSPS) is 10.6. The minimum absolute atomic E-state index is 0.0254. The molecule has 1 aromatic rings. The number of benzene rings is 1. The summed E-state index contributed by atoms with van der Waals surface area (Å²) in [4.78, 5) is 13.6. The monoisotopic (exact) mass is 235 g/mol. The molecule has 0 unspecified atom stereocenters. The lowest BCUT2D eigenvalue weighted by Crippen LogP contribution is -2.14. The standard InChI is InChI=1S/C13H21N3O/c1-16(2)10-11-5-3-6-12(9-11)15-13(17)7-4-8-14/h3,5-6,9H,4,7-8,10,14H2,1-2H3,(H,15,17). The predicted octanol–water partition coefficient (Wildman–Crippen LogP) is 1.43. The van der Waals surface area contributed by atoms with Crippen LogP contribution in [-0.2, 0) is 11.3 Å². The molecule has 4 nitrogen and oxygen atoms in total. The van der Waals surface area contributed by atoms with E-state index in [9.17, 15) is 4.79 Å². The minimum atomic E-state index is 0.0254. The molecule has 1 rings (SSSR count). The fraction of sp³-hybridized carbons (Fsp3) is 0.462. The van der Waals surface area contributed by atoms with E-state index in [-0.39, 0.29) is 5.91 Å². The van der Waals surface area contributed by atoms with Crippen LogP contribution in [0.25, 0.3) is 0 Å².